The molecule has 0 saturated carbocycles. The van der Waals surface area contributed by atoms with Crippen molar-refractivity contribution in [3.05, 3.63) is 170 Å². The molecule has 0 aliphatic rings. The Labute approximate surface area is 276 Å². The van der Waals surface area contributed by atoms with Gasteiger partial charge in [-0.25, -0.2) is 9.97 Å². The van der Waals surface area contributed by atoms with E-state index in [4.69, 9.17) is 9.97 Å². The van der Waals surface area contributed by atoms with Gasteiger partial charge in [0.25, 0.3) is 0 Å². The van der Waals surface area contributed by atoms with Gasteiger partial charge in [-0.1, -0.05) is 127 Å². The molecular formula is C44H28N4. The number of hydrogen-bond acceptors (Lipinski definition) is 2. The molecule has 0 radical (unpaired) electrons. The molecule has 0 bridgehead atoms. The second-order valence-electron chi connectivity index (χ2n) is 12.3. The largest absolute Gasteiger partial charge is 0.309 e. The topological polar surface area (TPSA) is 35.6 Å². The molecule has 0 fully saturated rings. The Hall–Kier alpha value is -6.52. The highest BCUT2D eigenvalue weighted by atomic mass is 15.2. The second kappa shape index (κ2) is 10.5. The van der Waals surface area contributed by atoms with Crippen LogP contribution in [-0.4, -0.2) is 19.1 Å². The Bertz CT molecular complexity index is 2760. The number of benzene rings is 7. The summed E-state index contributed by atoms with van der Waals surface area (Å²) in [6.45, 7) is 0. The summed E-state index contributed by atoms with van der Waals surface area (Å²) in [5.74, 6) is 0.647. The van der Waals surface area contributed by atoms with Crippen LogP contribution in [0, 0.1) is 0 Å². The molecule has 3 heterocycles. The maximum atomic E-state index is 5.26. The predicted molar refractivity (Wildman–Crippen MR) is 199 cm³/mol. The maximum absolute atomic E-state index is 5.26. The van der Waals surface area contributed by atoms with E-state index in [1.54, 1.807) is 0 Å². The summed E-state index contributed by atoms with van der Waals surface area (Å²) in [4.78, 5) is 10.5. The zero-order valence-corrected chi connectivity index (χ0v) is 26.0. The molecule has 0 aliphatic carbocycles. The standard InChI is InChI=1S/C44H28N4/c1-4-15-30(16-5-1)37-27-38(31-17-6-2-7-18-31)46-44(45-37)48-39-23-13-12-22-34(39)35-26-36-42(28-41(35)48)47(32-19-8-3-9-20-32)40-25-24-29-14-10-11-21-33(29)43(36)40/h1-28H. The number of hydrogen-bond donors (Lipinski definition) is 0. The predicted octanol–water partition coefficient (Wildman–Crippen LogP) is 11.2. The Morgan fingerprint density at radius 2 is 0.938 bits per heavy atom. The van der Waals surface area contributed by atoms with E-state index in [1.807, 2.05) is 12.1 Å². The van der Waals surface area contributed by atoms with E-state index < -0.39 is 0 Å². The highest BCUT2D eigenvalue weighted by Gasteiger charge is 2.21. The SMILES string of the molecule is c1ccc(-c2cc(-c3ccccc3)nc(-n3c4ccccc4c4cc5c6c7ccccc7ccc6n(-c6ccccc6)c5cc43)n2)cc1. The van der Waals surface area contributed by atoms with Crippen molar-refractivity contribution in [2.24, 2.45) is 0 Å². The van der Waals surface area contributed by atoms with Crippen molar-refractivity contribution in [1.29, 1.82) is 0 Å². The Morgan fingerprint density at radius 3 is 1.65 bits per heavy atom. The van der Waals surface area contributed by atoms with Crippen molar-refractivity contribution in [3.63, 3.8) is 0 Å². The van der Waals surface area contributed by atoms with Crippen LogP contribution in [0.25, 0.3) is 88.5 Å². The molecular weight excluding hydrogens is 585 g/mol. The molecule has 3 aromatic heterocycles. The molecule has 4 nitrogen and oxygen atoms in total. The van der Waals surface area contributed by atoms with Crippen LogP contribution in [-0.2, 0) is 0 Å². The Balaban J connectivity index is 1.36. The van der Waals surface area contributed by atoms with Crippen LogP contribution in [0.1, 0.15) is 0 Å². The number of aromatic nitrogens is 4. The molecule has 0 N–H and O–H groups in total. The fourth-order valence-electron chi connectivity index (χ4n) is 7.37. The van der Waals surface area contributed by atoms with Crippen LogP contribution in [0.4, 0.5) is 0 Å². The van der Waals surface area contributed by atoms with Gasteiger partial charge in [0.1, 0.15) is 0 Å². The normalized spacial score (nSPS) is 11.8. The summed E-state index contributed by atoms with van der Waals surface area (Å²) in [7, 11) is 0. The van der Waals surface area contributed by atoms with Crippen molar-refractivity contribution in [2.75, 3.05) is 0 Å². The quantitative estimate of drug-likeness (QED) is 0.198. The smallest absolute Gasteiger partial charge is 0.235 e. The van der Waals surface area contributed by atoms with Gasteiger partial charge in [0.05, 0.1) is 33.5 Å². The van der Waals surface area contributed by atoms with Gasteiger partial charge < -0.3 is 4.57 Å². The molecule has 0 spiro atoms. The molecule has 4 heteroatoms. The fourth-order valence-corrected chi connectivity index (χ4v) is 7.37. The van der Waals surface area contributed by atoms with E-state index in [1.165, 1.54) is 37.8 Å². The van der Waals surface area contributed by atoms with Gasteiger partial charge in [0, 0.05) is 38.4 Å². The summed E-state index contributed by atoms with van der Waals surface area (Å²) >= 11 is 0. The first-order valence-corrected chi connectivity index (χ1v) is 16.3. The first-order chi connectivity index (χ1) is 23.8. The van der Waals surface area contributed by atoms with Gasteiger partial charge in [-0.2, -0.15) is 0 Å². The summed E-state index contributed by atoms with van der Waals surface area (Å²) in [6, 6.07) is 60.1. The lowest BCUT2D eigenvalue weighted by Crippen LogP contribution is -2.04. The van der Waals surface area contributed by atoms with Gasteiger partial charge in [0.15, 0.2) is 0 Å². The van der Waals surface area contributed by atoms with Crippen LogP contribution in [0.3, 0.4) is 0 Å². The van der Waals surface area contributed by atoms with Crippen molar-refractivity contribution >= 4 is 54.4 Å². The van der Waals surface area contributed by atoms with Crippen molar-refractivity contribution in [3.8, 4) is 34.2 Å². The van der Waals surface area contributed by atoms with E-state index >= 15 is 0 Å². The third kappa shape index (κ3) is 4.03. The lowest BCUT2D eigenvalue weighted by atomic mass is 10.0. The minimum absolute atomic E-state index is 0.647. The van der Waals surface area contributed by atoms with Crippen molar-refractivity contribution < 1.29 is 0 Å². The summed E-state index contributed by atoms with van der Waals surface area (Å²) in [6.07, 6.45) is 0. The number of rotatable bonds is 4. The molecule has 0 saturated heterocycles. The molecule has 0 atom stereocenters. The van der Waals surface area contributed by atoms with Crippen molar-refractivity contribution in [2.45, 2.75) is 0 Å². The maximum Gasteiger partial charge on any atom is 0.235 e. The highest BCUT2D eigenvalue weighted by molar-refractivity contribution is 6.25. The van der Waals surface area contributed by atoms with Crippen LogP contribution in [0.5, 0.6) is 0 Å². The minimum Gasteiger partial charge on any atom is -0.309 e. The molecule has 10 aromatic rings. The molecule has 10 rings (SSSR count). The van der Waals surface area contributed by atoms with Gasteiger partial charge in [-0.05, 0) is 53.2 Å². The average Bonchev–Trinajstić information content (AvgIpc) is 3.67. The molecule has 0 aliphatic heterocycles. The molecule has 48 heavy (non-hydrogen) atoms. The fraction of sp³-hybridized carbons (Fsp3) is 0. The lowest BCUT2D eigenvalue weighted by molar-refractivity contribution is 0.995. The lowest BCUT2D eigenvalue weighted by Gasteiger charge is -2.12. The van der Waals surface area contributed by atoms with E-state index in [0.717, 1.165) is 44.8 Å². The van der Waals surface area contributed by atoms with Crippen LogP contribution < -0.4 is 0 Å². The summed E-state index contributed by atoms with van der Waals surface area (Å²) in [5.41, 5.74) is 9.48. The van der Waals surface area contributed by atoms with Crippen molar-refractivity contribution in [1.82, 2.24) is 19.1 Å². The van der Waals surface area contributed by atoms with E-state index in [9.17, 15) is 0 Å². The second-order valence-corrected chi connectivity index (χ2v) is 12.3. The zero-order valence-electron chi connectivity index (χ0n) is 26.0. The van der Waals surface area contributed by atoms with E-state index in [2.05, 4.69) is 167 Å². The third-order valence-electron chi connectivity index (χ3n) is 9.52. The number of fused-ring (bicyclic) bond motifs is 8. The van der Waals surface area contributed by atoms with E-state index in [0.29, 0.717) is 5.95 Å². The van der Waals surface area contributed by atoms with Gasteiger partial charge in [-0.3, -0.25) is 4.57 Å². The number of nitrogens with zero attached hydrogens (tertiary/aromatic N) is 4. The Morgan fingerprint density at radius 1 is 0.354 bits per heavy atom. The number of para-hydroxylation sites is 2. The van der Waals surface area contributed by atoms with Gasteiger partial charge >= 0.3 is 0 Å². The first-order valence-electron chi connectivity index (χ1n) is 16.3. The van der Waals surface area contributed by atoms with Crippen LogP contribution in [0.15, 0.2) is 170 Å². The van der Waals surface area contributed by atoms with E-state index in [-0.39, 0.29) is 0 Å². The molecule has 0 amide bonds. The molecule has 0 unspecified atom stereocenters. The van der Waals surface area contributed by atoms with Gasteiger partial charge in [0.2, 0.25) is 5.95 Å². The highest BCUT2D eigenvalue weighted by Crippen LogP contribution is 2.42. The summed E-state index contributed by atoms with van der Waals surface area (Å²) in [5, 5.41) is 7.33. The molecule has 224 valence electrons. The average molecular weight is 613 g/mol. The summed E-state index contributed by atoms with van der Waals surface area (Å²) < 4.78 is 4.64. The van der Waals surface area contributed by atoms with Crippen LogP contribution in [0.2, 0.25) is 0 Å². The Kier molecular flexibility index (Phi) is 5.84. The monoisotopic (exact) mass is 612 g/mol. The minimum atomic E-state index is 0.647. The van der Waals surface area contributed by atoms with Gasteiger partial charge in [-0.15, -0.1) is 0 Å². The molecule has 7 aromatic carbocycles. The first kappa shape index (κ1) is 26.7. The van der Waals surface area contributed by atoms with Crippen LogP contribution >= 0.6 is 0 Å². The zero-order chi connectivity index (χ0) is 31.6. The third-order valence-corrected chi connectivity index (χ3v) is 9.52.